The monoisotopic (exact) mass is 302 g/mol. The molecule has 3 saturated heterocycles. The molecule has 0 aromatic carbocycles. The minimum Gasteiger partial charge on any atom is -0.380 e. The predicted octanol–water partition coefficient (Wildman–Crippen LogP) is 0.407. The fourth-order valence-corrected chi connectivity index (χ4v) is 5.14. The molecular weight excluding hydrogens is 276 g/mol. The minimum atomic E-state index is -2.73. The highest BCUT2D eigenvalue weighted by atomic mass is 32.2. The van der Waals surface area contributed by atoms with Crippen LogP contribution in [0.1, 0.15) is 32.1 Å². The van der Waals surface area contributed by atoms with Gasteiger partial charge in [0.15, 0.2) is 0 Å². The first-order valence-electron chi connectivity index (χ1n) is 7.91. The van der Waals surface area contributed by atoms with Crippen molar-refractivity contribution >= 4 is 9.84 Å². The quantitative estimate of drug-likeness (QED) is 0.818. The van der Waals surface area contributed by atoms with Gasteiger partial charge in [0.05, 0.1) is 18.1 Å². The second-order valence-electron chi connectivity index (χ2n) is 6.42. The van der Waals surface area contributed by atoms with Gasteiger partial charge in [0.1, 0.15) is 9.84 Å². The molecule has 3 aliphatic rings. The van der Waals surface area contributed by atoms with Crippen molar-refractivity contribution in [1.29, 1.82) is 0 Å². The molecule has 0 bridgehead atoms. The maximum atomic E-state index is 11.5. The van der Waals surface area contributed by atoms with Crippen molar-refractivity contribution in [3.05, 3.63) is 0 Å². The molecule has 3 rings (SSSR count). The zero-order valence-electron chi connectivity index (χ0n) is 12.1. The third kappa shape index (κ3) is 3.72. The van der Waals surface area contributed by atoms with E-state index in [9.17, 15) is 8.42 Å². The maximum Gasteiger partial charge on any atom is 0.150 e. The average Bonchev–Trinajstić information content (AvgIpc) is 2.93. The van der Waals surface area contributed by atoms with Crippen molar-refractivity contribution in [1.82, 2.24) is 10.2 Å². The molecule has 20 heavy (non-hydrogen) atoms. The third-order valence-corrected chi connectivity index (χ3v) is 6.69. The summed E-state index contributed by atoms with van der Waals surface area (Å²) in [5.41, 5.74) is 0. The van der Waals surface area contributed by atoms with Gasteiger partial charge >= 0.3 is 0 Å². The fraction of sp³-hybridized carbons (Fsp3) is 1.00. The van der Waals surface area contributed by atoms with Crippen LogP contribution in [0.3, 0.4) is 0 Å². The Balaban J connectivity index is 1.42. The number of sulfone groups is 1. The molecule has 3 fully saturated rings. The lowest BCUT2D eigenvalue weighted by Gasteiger charge is -2.39. The van der Waals surface area contributed by atoms with Gasteiger partial charge in [0, 0.05) is 24.7 Å². The Kier molecular flexibility index (Phi) is 4.65. The maximum absolute atomic E-state index is 11.5. The van der Waals surface area contributed by atoms with Crippen LogP contribution in [0.25, 0.3) is 0 Å². The summed E-state index contributed by atoms with van der Waals surface area (Å²) >= 11 is 0. The summed E-state index contributed by atoms with van der Waals surface area (Å²) in [5.74, 6) is 0.768. The number of piperidine rings is 1. The Morgan fingerprint density at radius 2 is 1.65 bits per heavy atom. The van der Waals surface area contributed by atoms with E-state index in [0.717, 1.165) is 45.6 Å². The van der Waals surface area contributed by atoms with Gasteiger partial charge in [-0.1, -0.05) is 0 Å². The van der Waals surface area contributed by atoms with Crippen molar-refractivity contribution in [3.63, 3.8) is 0 Å². The summed E-state index contributed by atoms with van der Waals surface area (Å²) < 4.78 is 28.4. The zero-order valence-corrected chi connectivity index (χ0v) is 12.9. The molecule has 0 amide bonds. The van der Waals surface area contributed by atoms with Crippen LogP contribution >= 0.6 is 0 Å². The summed E-state index contributed by atoms with van der Waals surface area (Å²) in [5, 5.41) is 3.71. The van der Waals surface area contributed by atoms with Crippen molar-refractivity contribution < 1.29 is 13.2 Å². The predicted molar refractivity (Wildman–Crippen MR) is 78.6 cm³/mol. The lowest BCUT2D eigenvalue weighted by Crippen LogP contribution is -2.50. The van der Waals surface area contributed by atoms with E-state index in [1.165, 1.54) is 12.8 Å². The number of hydrogen-bond acceptors (Lipinski definition) is 5. The van der Waals surface area contributed by atoms with Crippen LogP contribution in [0.5, 0.6) is 0 Å². The highest BCUT2D eigenvalue weighted by Crippen LogP contribution is 2.22. The fourth-order valence-electron chi connectivity index (χ4n) is 3.67. The van der Waals surface area contributed by atoms with E-state index in [4.69, 9.17) is 4.74 Å². The molecule has 0 aromatic heterocycles. The van der Waals surface area contributed by atoms with Gasteiger partial charge in [-0.05, 0) is 45.2 Å². The zero-order chi connectivity index (χ0) is 14.0. The van der Waals surface area contributed by atoms with Gasteiger partial charge in [0.2, 0.25) is 0 Å². The summed E-state index contributed by atoms with van der Waals surface area (Å²) in [7, 11) is -2.73. The van der Waals surface area contributed by atoms with E-state index in [1.54, 1.807) is 0 Å². The summed E-state index contributed by atoms with van der Waals surface area (Å²) in [6, 6.07) is 1.66. The van der Waals surface area contributed by atoms with Gasteiger partial charge in [-0.3, -0.25) is 0 Å². The smallest absolute Gasteiger partial charge is 0.150 e. The van der Waals surface area contributed by atoms with E-state index in [-0.39, 0.29) is 0 Å². The number of nitrogens with one attached hydrogen (secondary N) is 1. The Hall–Kier alpha value is -0.170. The average molecular weight is 302 g/mol. The highest BCUT2D eigenvalue weighted by Gasteiger charge is 2.31. The van der Waals surface area contributed by atoms with Crippen molar-refractivity contribution in [3.8, 4) is 0 Å². The first-order valence-corrected chi connectivity index (χ1v) is 9.73. The van der Waals surface area contributed by atoms with Gasteiger partial charge in [-0.25, -0.2) is 8.42 Å². The van der Waals surface area contributed by atoms with E-state index >= 15 is 0 Å². The number of likely N-dealkylation sites (tertiary alicyclic amines) is 1. The van der Waals surface area contributed by atoms with Crippen LogP contribution in [0.2, 0.25) is 0 Å². The number of nitrogens with zero attached hydrogens (tertiary/aromatic N) is 1. The lowest BCUT2D eigenvalue weighted by molar-refractivity contribution is 0.128. The SMILES string of the molecule is O=S1(=O)CCC(N2CCC(NC3CCOC3)CC2)CC1. The Morgan fingerprint density at radius 3 is 2.25 bits per heavy atom. The van der Waals surface area contributed by atoms with Crippen LogP contribution in [0.4, 0.5) is 0 Å². The van der Waals surface area contributed by atoms with Crippen LogP contribution < -0.4 is 5.32 Å². The molecule has 1 unspecified atom stereocenters. The van der Waals surface area contributed by atoms with Gasteiger partial charge in [0.25, 0.3) is 0 Å². The van der Waals surface area contributed by atoms with Crippen molar-refractivity contribution in [2.75, 3.05) is 37.8 Å². The molecule has 3 aliphatic heterocycles. The minimum absolute atomic E-state index is 0.384. The number of hydrogen-bond donors (Lipinski definition) is 1. The molecular formula is C14H26N2O3S. The largest absolute Gasteiger partial charge is 0.380 e. The summed E-state index contributed by atoms with van der Waals surface area (Å²) in [6.45, 7) is 3.97. The number of ether oxygens (including phenoxy) is 1. The molecule has 0 spiro atoms. The lowest BCUT2D eigenvalue weighted by atomic mass is 10.00. The molecule has 0 aliphatic carbocycles. The molecule has 1 atom stereocenters. The molecule has 6 heteroatoms. The van der Waals surface area contributed by atoms with Crippen LogP contribution in [0, 0.1) is 0 Å². The van der Waals surface area contributed by atoms with Crippen LogP contribution in [-0.2, 0) is 14.6 Å². The van der Waals surface area contributed by atoms with Gasteiger partial charge < -0.3 is 15.0 Å². The molecule has 3 heterocycles. The Bertz CT molecular complexity index is 398. The van der Waals surface area contributed by atoms with Gasteiger partial charge in [-0.15, -0.1) is 0 Å². The molecule has 0 aromatic rings. The van der Waals surface area contributed by atoms with E-state index < -0.39 is 9.84 Å². The van der Waals surface area contributed by atoms with E-state index in [1.807, 2.05) is 0 Å². The van der Waals surface area contributed by atoms with Gasteiger partial charge in [-0.2, -0.15) is 0 Å². The van der Waals surface area contributed by atoms with Crippen LogP contribution in [-0.4, -0.2) is 69.3 Å². The Labute approximate surface area is 122 Å². The first-order chi connectivity index (χ1) is 9.62. The Morgan fingerprint density at radius 1 is 0.950 bits per heavy atom. The topological polar surface area (TPSA) is 58.6 Å². The first kappa shape index (κ1) is 14.8. The normalized spacial score (nSPS) is 33.5. The molecule has 0 saturated carbocycles. The molecule has 1 N–H and O–H groups in total. The second-order valence-corrected chi connectivity index (χ2v) is 8.72. The molecule has 0 radical (unpaired) electrons. The highest BCUT2D eigenvalue weighted by molar-refractivity contribution is 7.91. The standard InChI is InChI=1S/C14H26N2O3S/c17-20(18)9-4-14(5-10-20)16-6-1-12(2-7-16)15-13-3-8-19-11-13/h12-15H,1-11H2. The van der Waals surface area contributed by atoms with Crippen molar-refractivity contribution in [2.24, 2.45) is 0 Å². The number of rotatable bonds is 3. The van der Waals surface area contributed by atoms with E-state index in [0.29, 0.717) is 29.6 Å². The molecule has 116 valence electrons. The molecule has 5 nitrogen and oxygen atoms in total. The van der Waals surface area contributed by atoms with Crippen molar-refractivity contribution in [2.45, 2.75) is 50.2 Å². The van der Waals surface area contributed by atoms with Crippen LogP contribution in [0.15, 0.2) is 0 Å². The summed E-state index contributed by atoms with van der Waals surface area (Å²) in [4.78, 5) is 2.51. The van der Waals surface area contributed by atoms with E-state index in [2.05, 4.69) is 10.2 Å². The second kappa shape index (κ2) is 6.30. The summed E-state index contributed by atoms with van der Waals surface area (Å²) in [6.07, 6.45) is 5.16. The third-order valence-electron chi connectivity index (χ3n) is 4.97.